The molecule has 0 aliphatic carbocycles. The fraction of sp³-hybridized carbons (Fsp3) is 0.176. The van der Waals surface area contributed by atoms with Crippen molar-refractivity contribution < 1.29 is 18.0 Å². The van der Waals surface area contributed by atoms with E-state index in [1.54, 1.807) is 17.7 Å². The van der Waals surface area contributed by atoms with E-state index in [1.807, 2.05) is 0 Å². The molecule has 1 heterocycles. The number of hydrogen-bond acceptors (Lipinski definition) is 2. The monoisotopic (exact) mass is 464 g/mol. The molecule has 1 aromatic heterocycles. The van der Waals surface area contributed by atoms with Gasteiger partial charge in [0, 0.05) is 28.5 Å². The molecule has 0 saturated heterocycles. The number of carbonyl (C=O) groups excluding carboxylic acids is 1. The van der Waals surface area contributed by atoms with Crippen molar-refractivity contribution in [2.45, 2.75) is 12.6 Å². The lowest BCUT2D eigenvalue weighted by Gasteiger charge is -2.09. The lowest BCUT2D eigenvalue weighted by Crippen LogP contribution is -2.06. The second kappa shape index (κ2) is 6.87. The third-order valence-electron chi connectivity index (χ3n) is 4.03. The zero-order valence-electron chi connectivity index (χ0n) is 13.2. The number of nitrogens with zero attached hydrogens (tertiary/aromatic N) is 2. The Morgan fingerprint density at radius 2 is 1.96 bits per heavy atom. The summed E-state index contributed by atoms with van der Waals surface area (Å²) in [5.41, 5.74) is 0.0209. The Kier molecular flexibility index (Phi) is 5.07. The fourth-order valence-electron chi connectivity index (χ4n) is 2.70. The molecule has 0 aliphatic rings. The van der Waals surface area contributed by atoms with Crippen LogP contribution in [0.15, 0.2) is 28.7 Å². The summed E-state index contributed by atoms with van der Waals surface area (Å²) in [5, 5.41) is 0.474. The molecule has 0 fully saturated rings. The van der Waals surface area contributed by atoms with Crippen LogP contribution in [0.1, 0.15) is 27.3 Å². The molecule has 3 aromatic rings. The normalized spacial score (nSPS) is 12.0. The van der Waals surface area contributed by atoms with Crippen LogP contribution in [-0.4, -0.2) is 15.8 Å². The van der Waals surface area contributed by atoms with Crippen molar-refractivity contribution >= 4 is 56.5 Å². The molecule has 0 atom stereocenters. The van der Waals surface area contributed by atoms with Crippen molar-refractivity contribution in [2.24, 2.45) is 7.05 Å². The smallest absolute Gasteiger partial charge is 0.331 e. The van der Waals surface area contributed by atoms with Crippen LogP contribution >= 0.6 is 39.1 Å². The number of alkyl halides is 3. The summed E-state index contributed by atoms with van der Waals surface area (Å²) >= 11 is 15.5. The van der Waals surface area contributed by atoms with Crippen LogP contribution < -0.4 is 0 Å². The highest BCUT2D eigenvalue weighted by Crippen LogP contribution is 2.37. The van der Waals surface area contributed by atoms with Gasteiger partial charge in [-0.25, -0.2) is 4.98 Å². The lowest BCUT2D eigenvalue weighted by atomic mass is 10.1. The van der Waals surface area contributed by atoms with Crippen molar-refractivity contribution in [1.29, 1.82) is 0 Å². The van der Waals surface area contributed by atoms with E-state index in [0.29, 0.717) is 32.7 Å². The van der Waals surface area contributed by atoms with Crippen molar-refractivity contribution in [1.82, 2.24) is 9.55 Å². The number of rotatable bonds is 3. The van der Waals surface area contributed by atoms with Gasteiger partial charge in [0.05, 0.1) is 16.1 Å². The van der Waals surface area contributed by atoms with Gasteiger partial charge in [0.1, 0.15) is 11.3 Å². The summed E-state index contributed by atoms with van der Waals surface area (Å²) in [6.45, 7) is 0. The highest BCUT2D eigenvalue weighted by Gasteiger charge is 2.35. The van der Waals surface area contributed by atoms with Gasteiger partial charge in [-0.05, 0) is 29.8 Å². The molecule has 0 saturated carbocycles. The van der Waals surface area contributed by atoms with E-state index in [-0.39, 0.29) is 22.5 Å². The van der Waals surface area contributed by atoms with Gasteiger partial charge in [0.2, 0.25) is 0 Å². The molecule has 136 valence electrons. The predicted molar refractivity (Wildman–Crippen MR) is 98.1 cm³/mol. The van der Waals surface area contributed by atoms with Gasteiger partial charge in [-0.1, -0.05) is 39.1 Å². The number of benzene rings is 2. The van der Waals surface area contributed by atoms with E-state index in [4.69, 9.17) is 23.2 Å². The van der Waals surface area contributed by atoms with Crippen LogP contribution in [-0.2, 0) is 19.6 Å². The van der Waals surface area contributed by atoms with E-state index < -0.39 is 11.7 Å². The summed E-state index contributed by atoms with van der Waals surface area (Å²) in [7, 11) is 1.61. The molecule has 0 radical (unpaired) electrons. The first kappa shape index (κ1) is 19.2. The first-order valence-corrected chi connectivity index (χ1v) is 8.82. The number of fused-ring (bicyclic) bond motifs is 1. The molecule has 0 bridgehead atoms. The number of halogens is 6. The summed E-state index contributed by atoms with van der Waals surface area (Å²) in [6.07, 6.45) is -3.87. The predicted octanol–water partition coefficient (Wildman–Crippen LogP) is 6.06. The zero-order valence-corrected chi connectivity index (χ0v) is 16.3. The topological polar surface area (TPSA) is 34.9 Å². The van der Waals surface area contributed by atoms with Crippen molar-refractivity contribution in [3.05, 3.63) is 61.3 Å². The third kappa shape index (κ3) is 3.35. The Hall–Kier alpha value is -1.57. The minimum atomic E-state index is -4.54. The molecular formula is C17H10BrCl2F3N2O. The number of aryl methyl sites for hydroxylation is 1. The van der Waals surface area contributed by atoms with Gasteiger partial charge in [-0.3, -0.25) is 4.79 Å². The van der Waals surface area contributed by atoms with Crippen LogP contribution in [0, 0.1) is 0 Å². The van der Waals surface area contributed by atoms with E-state index in [0.717, 1.165) is 6.07 Å². The van der Waals surface area contributed by atoms with Crippen LogP contribution in [0.2, 0.25) is 10.0 Å². The van der Waals surface area contributed by atoms with Crippen LogP contribution in [0.5, 0.6) is 0 Å². The van der Waals surface area contributed by atoms with Gasteiger partial charge in [0.25, 0.3) is 0 Å². The fourth-order valence-corrected chi connectivity index (χ4v) is 3.70. The molecular weight excluding hydrogens is 456 g/mol. The summed E-state index contributed by atoms with van der Waals surface area (Å²) in [5.74, 6) is 0.343. The Morgan fingerprint density at radius 1 is 1.27 bits per heavy atom. The number of aromatic nitrogens is 2. The van der Waals surface area contributed by atoms with Gasteiger partial charge in [-0.2, -0.15) is 13.2 Å². The van der Waals surface area contributed by atoms with Gasteiger partial charge in [-0.15, -0.1) is 0 Å². The SMILES string of the molecule is Cn1c(Cc2c(Cl)ccc(C=O)c2Cl)nc2c(C(F)(F)F)cc(Br)cc21. The molecule has 9 heteroatoms. The molecule has 3 nitrogen and oxygen atoms in total. The molecule has 26 heavy (non-hydrogen) atoms. The van der Waals surface area contributed by atoms with Crippen molar-refractivity contribution in [2.75, 3.05) is 0 Å². The van der Waals surface area contributed by atoms with Gasteiger partial charge < -0.3 is 4.57 Å². The standard InChI is InChI=1S/C17H10BrCl2F3N2O/c1-25-13-5-9(18)4-11(17(21,22)23)16(13)24-14(25)6-10-12(19)3-2-8(7-26)15(10)20/h2-5,7H,6H2,1H3. The minimum absolute atomic E-state index is 0.0828. The molecule has 0 N–H and O–H groups in total. The second-order valence-corrected chi connectivity index (χ2v) is 7.33. The maximum Gasteiger partial charge on any atom is 0.418 e. The van der Waals surface area contributed by atoms with Crippen molar-refractivity contribution in [3.8, 4) is 0 Å². The maximum absolute atomic E-state index is 13.3. The van der Waals surface area contributed by atoms with Crippen molar-refractivity contribution in [3.63, 3.8) is 0 Å². The first-order valence-electron chi connectivity index (χ1n) is 7.27. The molecule has 0 aliphatic heterocycles. The van der Waals surface area contributed by atoms with Gasteiger partial charge in [0.15, 0.2) is 6.29 Å². The first-order chi connectivity index (χ1) is 12.1. The molecule has 0 unspecified atom stereocenters. The summed E-state index contributed by atoms with van der Waals surface area (Å²) < 4.78 is 41.9. The quantitative estimate of drug-likeness (QED) is 0.440. The Morgan fingerprint density at radius 3 is 2.58 bits per heavy atom. The minimum Gasteiger partial charge on any atom is -0.331 e. The van der Waals surface area contributed by atoms with Crippen LogP contribution in [0.25, 0.3) is 11.0 Å². The number of carbonyl (C=O) groups is 1. The Bertz CT molecular complexity index is 1030. The Balaban J connectivity index is 2.20. The lowest BCUT2D eigenvalue weighted by molar-refractivity contribution is -0.136. The molecule has 2 aromatic carbocycles. The van der Waals surface area contributed by atoms with E-state index in [9.17, 15) is 18.0 Å². The van der Waals surface area contributed by atoms with Gasteiger partial charge >= 0.3 is 6.18 Å². The summed E-state index contributed by atoms with van der Waals surface area (Å²) in [4.78, 5) is 15.2. The van der Waals surface area contributed by atoms with Crippen LogP contribution in [0.4, 0.5) is 13.2 Å². The molecule has 3 rings (SSSR count). The average molecular weight is 466 g/mol. The van der Waals surface area contributed by atoms with E-state index in [1.165, 1.54) is 12.1 Å². The summed E-state index contributed by atoms with van der Waals surface area (Å²) in [6, 6.07) is 5.56. The van der Waals surface area contributed by atoms with E-state index in [2.05, 4.69) is 20.9 Å². The Labute approximate surface area is 164 Å². The number of aldehydes is 1. The third-order valence-corrected chi connectivity index (χ3v) is 5.29. The molecule has 0 amide bonds. The molecule has 0 spiro atoms. The highest BCUT2D eigenvalue weighted by molar-refractivity contribution is 9.10. The van der Waals surface area contributed by atoms with E-state index >= 15 is 0 Å². The zero-order chi connectivity index (χ0) is 19.2. The average Bonchev–Trinajstić information content (AvgIpc) is 2.86. The number of imidazole rings is 1. The highest BCUT2D eigenvalue weighted by atomic mass is 79.9. The van der Waals surface area contributed by atoms with Crippen LogP contribution in [0.3, 0.4) is 0 Å². The maximum atomic E-state index is 13.3. The second-order valence-electron chi connectivity index (χ2n) is 5.63. The number of hydrogen-bond donors (Lipinski definition) is 0. The largest absolute Gasteiger partial charge is 0.418 e.